The summed E-state index contributed by atoms with van der Waals surface area (Å²) >= 11 is 1.95. The molecule has 0 aromatic carbocycles. The average molecular weight is 382 g/mol. The summed E-state index contributed by atoms with van der Waals surface area (Å²) in [5.74, 6) is 3.40. The summed E-state index contributed by atoms with van der Waals surface area (Å²) in [6, 6.07) is 0.0430. The summed E-state index contributed by atoms with van der Waals surface area (Å²) < 4.78 is 0. The molecule has 5 nitrogen and oxygen atoms in total. The van der Waals surface area contributed by atoms with Crippen LogP contribution in [0.4, 0.5) is 0 Å². The van der Waals surface area contributed by atoms with Crippen molar-refractivity contribution in [1.29, 1.82) is 0 Å². The summed E-state index contributed by atoms with van der Waals surface area (Å²) in [5.41, 5.74) is 0. The largest absolute Gasteiger partial charge is 0.340 e. The molecule has 26 heavy (non-hydrogen) atoms. The highest BCUT2D eigenvalue weighted by molar-refractivity contribution is 7.99. The molecule has 0 aromatic rings. The van der Waals surface area contributed by atoms with Gasteiger partial charge in [0.05, 0.1) is 6.04 Å². The number of rotatable bonds is 5. The lowest BCUT2D eigenvalue weighted by Crippen LogP contribution is -2.59. The second-order valence-corrected chi connectivity index (χ2v) is 9.32. The Morgan fingerprint density at radius 3 is 2.08 bits per heavy atom. The number of piperazine rings is 1. The first-order valence-electron chi connectivity index (χ1n) is 10.5. The van der Waals surface area contributed by atoms with Gasteiger partial charge in [0.15, 0.2) is 0 Å². The quantitative estimate of drug-likeness (QED) is 0.733. The Hall–Kier alpha value is -0.750. The van der Waals surface area contributed by atoms with E-state index in [0.29, 0.717) is 11.8 Å². The maximum absolute atomic E-state index is 13.3. The van der Waals surface area contributed by atoms with E-state index in [1.165, 1.54) is 25.7 Å². The molecule has 1 aliphatic carbocycles. The molecule has 0 spiro atoms. The third-order valence-electron chi connectivity index (χ3n) is 6.48. The standard InChI is InChI=1S/C20H35N3O2S/c1-3-16(2)19(24)22-10-8-21(9-11-22)18(17-6-4-5-7-17)20(25)23-12-14-26-15-13-23/h16-18H,3-15H2,1-2H3/t16-,18+/m1/s1. The molecular weight excluding hydrogens is 346 g/mol. The van der Waals surface area contributed by atoms with Gasteiger partial charge in [0, 0.05) is 56.7 Å². The highest BCUT2D eigenvalue weighted by Crippen LogP contribution is 2.32. The van der Waals surface area contributed by atoms with Gasteiger partial charge < -0.3 is 9.80 Å². The number of amides is 2. The first-order valence-corrected chi connectivity index (χ1v) is 11.7. The summed E-state index contributed by atoms with van der Waals surface area (Å²) in [7, 11) is 0. The minimum atomic E-state index is 0.0430. The molecule has 2 saturated heterocycles. The van der Waals surface area contributed by atoms with E-state index in [1.54, 1.807) is 0 Å². The van der Waals surface area contributed by atoms with Gasteiger partial charge in [-0.15, -0.1) is 0 Å². The number of carbonyl (C=O) groups is 2. The lowest BCUT2D eigenvalue weighted by molar-refractivity contribution is -0.142. The van der Waals surface area contributed by atoms with Crippen molar-refractivity contribution in [3.05, 3.63) is 0 Å². The number of thioether (sulfide) groups is 1. The predicted molar refractivity (Wildman–Crippen MR) is 107 cm³/mol. The molecule has 0 radical (unpaired) electrons. The van der Waals surface area contributed by atoms with E-state index in [-0.39, 0.29) is 17.9 Å². The van der Waals surface area contributed by atoms with Crippen molar-refractivity contribution in [3.8, 4) is 0 Å². The van der Waals surface area contributed by atoms with Gasteiger partial charge in [0.2, 0.25) is 11.8 Å². The van der Waals surface area contributed by atoms with Gasteiger partial charge in [0.1, 0.15) is 0 Å². The summed E-state index contributed by atoms with van der Waals surface area (Å²) in [5, 5.41) is 0. The molecule has 0 unspecified atom stereocenters. The second kappa shape index (κ2) is 9.45. The number of nitrogens with zero attached hydrogens (tertiary/aromatic N) is 3. The normalized spacial score (nSPS) is 25.3. The van der Waals surface area contributed by atoms with E-state index in [9.17, 15) is 9.59 Å². The fourth-order valence-electron chi connectivity index (χ4n) is 4.61. The van der Waals surface area contributed by atoms with Crippen molar-refractivity contribution < 1.29 is 9.59 Å². The van der Waals surface area contributed by atoms with E-state index in [0.717, 1.165) is 57.2 Å². The fourth-order valence-corrected chi connectivity index (χ4v) is 5.51. The van der Waals surface area contributed by atoms with Crippen LogP contribution in [0.1, 0.15) is 46.0 Å². The molecule has 0 aromatic heterocycles. The van der Waals surface area contributed by atoms with E-state index in [1.807, 2.05) is 23.6 Å². The van der Waals surface area contributed by atoms with E-state index < -0.39 is 0 Å². The molecule has 2 amide bonds. The van der Waals surface area contributed by atoms with Gasteiger partial charge in [-0.1, -0.05) is 26.7 Å². The molecule has 148 valence electrons. The molecule has 3 fully saturated rings. The van der Waals surface area contributed by atoms with Crippen LogP contribution in [0.25, 0.3) is 0 Å². The molecular formula is C20H35N3O2S. The number of carbonyl (C=O) groups excluding carboxylic acids is 2. The molecule has 2 aliphatic heterocycles. The number of hydrogen-bond acceptors (Lipinski definition) is 4. The lowest BCUT2D eigenvalue weighted by atomic mass is 9.94. The minimum Gasteiger partial charge on any atom is -0.340 e. The van der Waals surface area contributed by atoms with Gasteiger partial charge in [-0.25, -0.2) is 0 Å². The SMILES string of the molecule is CC[C@@H](C)C(=O)N1CCN([C@H](C(=O)N2CCSCC2)C2CCCC2)CC1. The fraction of sp³-hybridized carbons (Fsp3) is 0.900. The van der Waals surface area contributed by atoms with Crippen molar-refractivity contribution >= 4 is 23.6 Å². The van der Waals surface area contributed by atoms with Crippen molar-refractivity contribution in [3.63, 3.8) is 0 Å². The van der Waals surface area contributed by atoms with Crippen molar-refractivity contribution in [2.45, 2.75) is 52.0 Å². The smallest absolute Gasteiger partial charge is 0.240 e. The molecule has 3 rings (SSSR count). The van der Waals surface area contributed by atoms with Gasteiger partial charge in [-0.2, -0.15) is 11.8 Å². The van der Waals surface area contributed by atoms with Crippen LogP contribution in [-0.2, 0) is 9.59 Å². The minimum absolute atomic E-state index is 0.0430. The third-order valence-corrected chi connectivity index (χ3v) is 7.42. The van der Waals surface area contributed by atoms with Crippen LogP contribution >= 0.6 is 11.8 Å². The zero-order chi connectivity index (χ0) is 18.5. The van der Waals surface area contributed by atoms with Crippen molar-refractivity contribution in [2.75, 3.05) is 50.8 Å². The molecule has 0 N–H and O–H groups in total. The highest BCUT2D eigenvalue weighted by Gasteiger charge is 2.39. The van der Waals surface area contributed by atoms with Crippen LogP contribution < -0.4 is 0 Å². The van der Waals surface area contributed by atoms with Crippen molar-refractivity contribution in [2.24, 2.45) is 11.8 Å². The van der Waals surface area contributed by atoms with E-state index in [4.69, 9.17) is 0 Å². The number of hydrogen-bond donors (Lipinski definition) is 0. The van der Waals surface area contributed by atoms with Crippen LogP contribution in [0.15, 0.2) is 0 Å². The van der Waals surface area contributed by atoms with Gasteiger partial charge in [-0.05, 0) is 25.2 Å². The van der Waals surface area contributed by atoms with Gasteiger partial charge in [-0.3, -0.25) is 14.5 Å². The van der Waals surface area contributed by atoms with Gasteiger partial charge in [0.25, 0.3) is 0 Å². The molecule has 6 heteroatoms. The Labute approximate surface area is 162 Å². The Balaban J connectivity index is 1.64. The topological polar surface area (TPSA) is 43.9 Å². The summed E-state index contributed by atoms with van der Waals surface area (Å²) in [6.07, 6.45) is 5.79. The van der Waals surface area contributed by atoms with Crippen LogP contribution in [-0.4, -0.2) is 83.3 Å². The van der Waals surface area contributed by atoms with Crippen molar-refractivity contribution in [1.82, 2.24) is 14.7 Å². The van der Waals surface area contributed by atoms with Crippen LogP contribution in [0.3, 0.4) is 0 Å². The third kappa shape index (κ3) is 4.56. The Morgan fingerprint density at radius 1 is 0.923 bits per heavy atom. The van der Waals surface area contributed by atoms with Crippen LogP contribution in [0.2, 0.25) is 0 Å². The maximum Gasteiger partial charge on any atom is 0.240 e. The maximum atomic E-state index is 13.3. The Morgan fingerprint density at radius 2 is 1.50 bits per heavy atom. The monoisotopic (exact) mass is 381 g/mol. The first kappa shape index (κ1) is 20.0. The summed E-state index contributed by atoms with van der Waals surface area (Å²) in [4.78, 5) is 32.3. The average Bonchev–Trinajstić information content (AvgIpc) is 3.22. The van der Waals surface area contributed by atoms with Gasteiger partial charge >= 0.3 is 0 Å². The zero-order valence-electron chi connectivity index (χ0n) is 16.5. The second-order valence-electron chi connectivity index (χ2n) is 8.10. The molecule has 1 saturated carbocycles. The highest BCUT2D eigenvalue weighted by atomic mass is 32.2. The molecule has 0 bridgehead atoms. The lowest BCUT2D eigenvalue weighted by Gasteiger charge is -2.43. The Kier molecular flexibility index (Phi) is 7.27. The summed E-state index contributed by atoms with van der Waals surface area (Å²) in [6.45, 7) is 9.14. The van der Waals surface area contributed by atoms with E-state index in [2.05, 4.69) is 16.7 Å². The zero-order valence-corrected chi connectivity index (χ0v) is 17.3. The predicted octanol–water partition coefficient (Wildman–Crippen LogP) is 2.31. The van der Waals surface area contributed by atoms with E-state index >= 15 is 0 Å². The first-order chi connectivity index (χ1) is 12.6. The Bertz CT molecular complexity index is 481. The molecule has 2 atom stereocenters. The van der Waals surface area contributed by atoms with Crippen LogP contribution in [0.5, 0.6) is 0 Å². The molecule has 3 aliphatic rings. The van der Waals surface area contributed by atoms with Crippen LogP contribution in [0, 0.1) is 11.8 Å². The molecule has 2 heterocycles.